The third kappa shape index (κ3) is 5.25. The van der Waals surface area contributed by atoms with Crippen molar-refractivity contribution in [2.45, 2.75) is 59.5 Å². The smallest absolute Gasteiger partial charge is 0.435 e. The van der Waals surface area contributed by atoms with Gasteiger partial charge < -0.3 is 10.2 Å². The van der Waals surface area contributed by atoms with E-state index in [4.69, 9.17) is 0 Å². The Labute approximate surface area is 271 Å². The number of nitrogens with zero attached hydrogens (tertiary/aromatic N) is 1. The highest BCUT2D eigenvalue weighted by Crippen LogP contribution is 2.57. The summed E-state index contributed by atoms with van der Waals surface area (Å²) in [5.74, 6) is -2.80. The molecule has 1 saturated heterocycles. The fraction of sp³-hybridized carbons (Fsp3) is 0.333. The summed E-state index contributed by atoms with van der Waals surface area (Å²) in [7, 11) is -4.44. The summed E-state index contributed by atoms with van der Waals surface area (Å²) in [4.78, 5) is 24.9. The number of carboxylic acids is 2. The highest BCUT2D eigenvalue weighted by molar-refractivity contribution is 14.1. The Morgan fingerprint density at radius 2 is 1.52 bits per heavy atom. The maximum Gasteiger partial charge on any atom is 0.435 e. The third-order valence-electron chi connectivity index (χ3n) is 8.74. The molecule has 0 saturated carbocycles. The number of halogens is 8. The second-order valence-electron chi connectivity index (χ2n) is 11.1. The van der Waals surface area contributed by atoms with Crippen LogP contribution in [-0.4, -0.2) is 60.4 Å². The van der Waals surface area contributed by atoms with Crippen molar-refractivity contribution in [1.29, 1.82) is 0 Å². The van der Waals surface area contributed by atoms with E-state index in [0.29, 0.717) is 15.7 Å². The van der Waals surface area contributed by atoms with Crippen molar-refractivity contribution in [3.05, 3.63) is 97.6 Å². The van der Waals surface area contributed by atoms with Crippen LogP contribution >= 0.6 is 22.6 Å². The first-order chi connectivity index (χ1) is 21.3. The van der Waals surface area contributed by atoms with Gasteiger partial charge in [-0.25, -0.2) is 22.4 Å². The number of rotatable bonds is 7. The van der Waals surface area contributed by atoms with E-state index in [1.807, 2.05) is 22.6 Å². The van der Waals surface area contributed by atoms with Crippen LogP contribution in [0.4, 0.5) is 30.7 Å². The molecule has 246 valence electrons. The minimum Gasteiger partial charge on any atom is -0.478 e. The average molecular weight is 785 g/mol. The maximum atomic E-state index is 15.0. The van der Waals surface area contributed by atoms with Gasteiger partial charge in [0.2, 0.25) is 0 Å². The Kier molecular flexibility index (Phi) is 8.50. The zero-order valence-corrected chi connectivity index (χ0v) is 26.3. The number of alkyl halides is 7. The van der Waals surface area contributed by atoms with E-state index in [1.165, 1.54) is 36.4 Å². The number of aromatic carboxylic acids is 2. The summed E-state index contributed by atoms with van der Waals surface area (Å²) in [6.07, 6.45) is -13.2. The molecule has 0 unspecified atom stereocenters. The quantitative estimate of drug-likeness (QED) is 0.199. The van der Waals surface area contributed by atoms with Crippen molar-refractivity contribution >= 4 is 44.4 Å². The van der Waals surface area contributed by atoms with Gasteiger partial charge in [0.15, 0.2) is 9.84 Å². The van der Waals surface area contributed by atoms with Crippen LogP contribution < -0.4 is 0 Å². The topological polar surface area (TPSA) is 112 Å². The van der Waals surface area contributed by atoms with Crippen LogP contribution in [0.15, 0.2) is 65.6 Å². The second-order valence-corrected chi connectivity index (χ2v) is 14.6. The van der Waals surface area contributed by atoms with Gasteiger partial charge in [0.05, 0.1) is 16.0 Å². The molecule has 2 atom stereocenters. The van der Waals surface area contributed by atoms with E-state index in [0.717, 1.165) is 12.1 Å². The minimum absolute atomic E-state index is 0.0212. The summed E-state index contributed by atoms with van der Waals surface area (Å²) in [5.41, 5.74) is -8.13. The molecule has 0 aromatic heterocycles. The van der Waals surface area contributed by atoms with Crippen molar-refractivity contribution in [3.63, 3.8) is 0 Å². The number of sulfone groups is 1. The van der Waals surface area contributed by atoms with Gasteiger partial charge in [-0.05, 0) is 94.9 Å². The van der Waals surface area contributed by atoms with E-state index in [-0.39, 0.29) is 65.1 Å². The highest BCUT2D eigenvalue weighted by atomic mass is 127. The fourth-order valence-electron chi connectivity index (χ4n) is 6.60. The minimum atomic E-state index is -6.36. The number of hydrogen-bond acceptors (Lipinski definition) is 5. The van der Waals surface area contributed by atoms with Crippen molar-refractivity contribution in [1.82, 2.24) is 4.90 Å². The number of likely N-dealkylation sites (tertiary alicyclic amines) is 1. The first-order valence-electron chi connectivity index (χ1n) is 13.6. The molecule has 16 heteroatoms. The lowest BCUT2D eigenvalue weighted by molar-refractivity contribution is -0.348. The number of fused-ring (bicyclic) bond motifs is 3. The Balaban J connectivity index is 1.67. The molecule has 0 amide bonds. The summed E-state index contributed by atoms with van der Waals surface area (Å²) < 4.78 is 124. The second kappa shape index (κ2) is 11.5. The lowest BCUT2D eigenvalue weighted by Gasteiger charge is -2.43. The van der Waals surface area contributed by atoms with Crippen molar-refractivity contribution in [3.8, 4) is 0 Å². The van der Waals surface area contributed by atoms with Crippen LogP contribution in [0.5, 0.6) is 0 Å². The number of carbonyl (C=O) groups is 2. The lowest BCUT2D eigenvalue weighted by Crippen LogP contribution is -2.52. The van der Waals surface area contributed by atoms with Gasteiger partial charge in [0.25, 0.3) is 0 Å². The third-order valence-corrected chi connectivity index (χ3v) is 12.0. The van der Waals surface area contributed by atoms with Gasteiger partial charge >= 0.3 is 30.0 Å². The maximum absolute atomic E-state index is 15.0. The highest BCUT2D eigenvalue weighted by Gasteiger charge is 2.73. The Morgan fingerprint density at radius 1 is 0.891 bits per heavy atom. The van der Waals surface area contributed by atoms with Crippen LogP contribution in [-0.2, 0) is 33.2 Å². The predicted octanol–water partition coefficient (Wildman–Crippen LogP) is 6.87. The van der Waals surface area contributed by atoms with Gasteiger partial charge in [0, 0.05) is 28.3 Å². The number of benzene rings is 3. The van der Waals surface area contributed by atoms with Crippen molar-refractivity contribution < 1.29 is 59.0 Å². The molecule has 2 aliphatic rings. The zero-order valence-electron chi connectivity index (χ0n) is 23.3. The van der Waals surface area contributed by atoms with Gasteiger partial charge in [0.1, 0.15) is 4.75 Å². The van der Waals surface area contributed by atoms with Crippen molar-refractivity contribution in [2.24, 2.45) is 0 Å². The molecule has 0 radical (unpaired) electrons. The molecule has 0 spiro atoms. The van der Waals surface area contributed by atoms with Gasteiger partial charge in [-0.3, -0.25) is 4.90 Å². The molecule has 3 aromatic rings. The number of aryl methyl sites for hydroxylation is 1. The Morgan fingerprint density at radius 3 is 2.09 bits per heavy atom. The molecule has 46 heavy (non-hydrogen) atoms. The van der Waals surface area contributed by atoms with Crippen LogP contribution in [0.25, 0.3) is 0 Å². The van der Waals surface area contributed by atoms with Crippen molar-refractivity contribution in [2.75, 3.05) is 6.54 Å². The molecular weight excluding hydrogens is 762 g/mol. The average Bonchev–Trinajstić information content (AvgIpc) is 3.35. The molecule has 5 rings (SSSR count). The van der Waals surface area contributed by atoms with Gasteiger partial charge in [-0.15, -0.1) is 0 Å². The van der Waals surface area contributed by atoms with Crippen LogP contribution in [0, 0.1) is 3.57 Å². The van der Waals surface area contributed by atoms with Crippen LogP contribution in [0.1, 0.15) is 55.8 Å². The normalized spacial score (nSPS) is 20.7. The summed E-state index contributed by atoms with van der Waals surface area (Å²) >= 11 is 1.96. The first-order valence-corrected chi connectivity index (χ1v) is 16.1. The monoisotopic (exact) mass is 785 g/mol. The lowest BCUT2D eigenvalue weighted by atomic mass is 9.76. The molecule has 1 aliphatic heterocycles. The van der Waals surface area contributed by atoms with E-state index >= 15 is 4.39 Å². The molecule has 7 nitrogen and oxygen atoms in total. The standard InChI is InChI=1S/C30H23F7INO6S/c31-28(29(32,33)34,30(35,36)37)19-4-9-23-16(13-19)3-10-24-27(23,46(44,45)21-7-5-20(38)6-8-21)11-12-39(24)15-18-2-1-17(25(40)41)14-22(18)26(42)43/h1-2,4-9,13-14,24H,3,10-12,15H2,(H,40,41)(H,42,43)/t24-,27-/m1/s1. The van der Waals surface area contributed by atoms with E-state index in [2.05, 4.69) is 0 Å². The summed E-state index contributed by atoms with van der Waals surface area (Å²) in [6, 6.07) is 9.80. The molecule has 2 N–H and O–H groups in total. The summed E-state index contributed by atoms with van der Waals surface area (Å²) in [5, 5.41) is 19.1. The van der Waals surface area contributed by atoms with Gasteiger partial charge in [-0.2, -0.15) is 26.3 Å². The SMILES string of the molecule is O=C(O)c1ccc(CN2CC[C@@]3(S(=O)(=O)c4ccc(I)cc4)c4ccc(C(F)(C(F)(F)F)C(F)(F)F)cc4CC[C@@H]23)c(C(=O)O)c1. The molecule has 1 fully saturated rings. The Bertz CT molecular complexity index is 1810. The molecule has 1 aliphatic carbocycles. The molecular formula is C30H23F7INO6S. The van der Waals surface area contributed by atoms with Crippen LogP contribution in [0.2, 0.25) is 0 Å². The number of carboxylic acid groups (broad SMARTS) is 2. The Hall–Kier alpha value is -3.25. The molecule has 3 aromatic carbocycles. The summed E-state index contributed by atoms with van der Waals surface area (Å²) in [6.45, 7) is -0.132. The van der Waals surface area contributed by atoms with E-state index in [1.54, 1.807) is 4.90 Å². The molecule has 0 bridgehead atoms. The number of hydrogen-bond donors (Lipinski definition) is 2. The zero-order chi connectivity index (χ0) is 34.0. The van der Waals surface area contributed by atoms with E-state index in [9.17, 15) is 54.6 Å². The predicted molar refractivity (Wildman–Crippen MR) is 157 cm³/mol. The molecule has 1 heterocycles. The largest absolute Gasteiger partial charge is 0.478 e. The van der Waals surface area contributed by atoms with E-state index < -0.39 is 56.1 Å². The van der Waals surface area contributed by atoms with Gasteiger partial charge in [-0.1, -0.05) is 24.3 Å². The first kappa shape index (κ1) is 34.1. The fourth-order valence-corrected chi connectivity index (χ4v) is 9.35. The van der Waals surface area contributed by atoms with Crippen LogP contribution in [0.3, 0.4) is 0 Å².